The van der Waals surface area contributed by atoms with E-state index in [2.05, 4.69) is 34.8 Å². The Morgan fingerprint density at radius 3 is 2.89 bits per heavy atom. The number of hydrogen-bond donors (Lipinski definition) is 1. The smallest absolute Gasteiger partial charge is 0.203 e. The summed E-state index contributed by atoms with van der Waals surface area (Å²) in [5, 5.41) is 4.17. The molecule has 0 saturated carbocycles. The van der Waals surface area contributed by atoms with E-state index < -0.39 is 0 Å². The number of halogens is 1. The quantitative estimate of drug-likeness (QED) is 0.795. The summed E-state index contributed by atoms with van der Waals surface area (Å²) in [5.74, 6) is 0.904. The predicted octanol–water partition coefficient (Wildman–Crippen LogP) is 4.36. The lowest BCUT2D eigenvalue weighted by Gasteiger charge is -2.18. The topological polar surface area (TPSA) is 29.9 Å². The number of unbranched alkanes of at least 4 members (excludes halogenated alkanes) is 1. The molecule has 0 bridgehead atoms. The number of nitrogens with zero attached hydrogens (tertiary/aromatic N) is 2. The highest BCUT2D eigenvalue weighted by Crippen LogP contribution is 2.27. The molecule has 0 saturated heterocycles. The van der Waals surface area contributed by atoms with Crippen LogP contribution >= 0.6 is 11.6 Å². The Hall–Kier alpha value is -1.48. The Morgan fingerprint density at radius 2 is 2.16 bits per heavy atom. The van der Waals surface area contributed by atoms with Crippen molar-refractivity contribution in [2.24, 2.45) is 0 Å². The largest absolute Gasteiger partial charge is 0.356 e. The molecule has 1 N–H and O–H groups in total. The molecule has 1 aromatic carbocycles. The van der Waals surface area contributed by atoms with E-state index in [1.807, 2.05) is 30.6 Å². The van der Waals surface area contributed by atoms with Gasteiger partial charge in [0.25, 0.3) is 0 Å². The first-order valence-corrected chi connectivity index (χ1v) is 7.13. The van der Waals surface area contributed by atoms with Gasteiger partial charge in [0.15, 0.2) is 0 Å². The Bertz CT molecular complexity index is 522. The van der Waals surface area contributed by atoms with Gasteiger partial charge in [-0.05, 0) is 25.0 Å². The molecule has 0 radical (unpaired) electrons. The molecule has 1 heterocycles. The van der Waals surface area contributed by atoms with Gasteiger partial charge in [0, 0.05) is 24.0 Å². The number of anilines is 1. The average molecular weight is 278 g/mol. The van der Waals surface area contributed by atoms with Crippen molar-refractivity contribution in [2.75, 3.05) is 11.9 Å². The molecule has 2 aromatic rings. The van der Waals surface area contributed by atoms with Gasteiger partial charge in [-0.3, -0.25) is 0 Å². The maximum absolute atomic E-state index is 6.26. The molecule has 3 nitrogen and oxygen atoms in total. The third-order valence-corrected chi connectivity index (χ3v) is 3.60. The first-order chi connectivity index (χ1) is 9.24. The van der Waals surface area contributed by atoms with E-state index in [4.69, 9.17) is 11.6 Å². The molecule has 0 aliphatic rings. The Morgan fingerprint density at radius 1 is 1.37 bits per heavy atom. The van der Waals surface area contributed by atoms with Crippen LogP contribution in [0.25, 0.3) is 0 Å². The number of nitrogens with one attached hydrogen (secondary N) is 1. The van der Waals surface area contributed by atoms with Crippen LogP contribution in [0.3, 0.4) is 0 Å². The van der Waals surface area contributed by atoms with Gasteiger partial charge in [0.2, 0.25) is 5.95 Å². The van der Waals surface area contributed by atoms with Gasteiger partial charge in [-0.15, -0.1) is 0 Å². The highest BCUT2D eigenvalue weighted by Gasteiger charge is 2.14. The van der Waals surface area contributed by atoms with Crippen LogP contribution < -0.4 is 5.32 Å². The molecule has 102 valence electrons. The zero-order valence-corrected chi connectivity index (χ0v) is 12.2. The Kier molecular flexibility index (Phi) is 4.86. The van der Waals surface area contributed by atoms with E-state index in [1.54, 1.807) is 0 Å². The highest BCUT2D eigenvalue weighted by atomic mass is 35.5. The summed E-state index contributed by atoms with van der Waals surface area (Å²) in [5.41, 5.74) is 1.11. The fourth-order valence-corrected chi connectivity index (χ4v) is 2.40. The molecule has 1 unspecified atom stereocenters. The van der Waals surface area contributed by atoms with E-state index in [-0.39, 0.29) is 6.04 Å². The van der Waals surface area contributed by atoms with Crippen molar-refractivity contribution in [3.63, 3.8) is 0 Å². The summed E-state index contributed by atoms with van der Waals surface area (Å²) in [4.78, 5) is 4.37. The molecular formula is C15H20ClN3. The van der Waals surface area contributed by atoms with Gasteiger partial charge >= 0.3 is 0 Å². The van der Waals surface area contributed by atoms with Crippen molar-refractivity contribution in [2.45, 2.75) is 32.7 Å². The third-order valence-electron chi connectivity index (χ3n) is 3.25. The first kappa shape index (κ1) is 13.9. The zero-order chi connectivity index (χ0) is 13.7. The third kappa shape index (κ3) is 3.29. The van der Waals surface area contributed by atoms with Crippen molar-refractivity contribution in [1.82, 2.24) is 9.55 Å². The van der Waals surface area contributed by atoms with E-state index in [0.717, 1.165) is 29.5 Å². The molecule has 0 aliphatic carbocycles. The highest BCUT2D eigenvalue weighted by molar-refractivity contribution is 6.31. The van der Waals surface area contributed by atoms with Crippen molar-refractivity contribution >= 4 is 17.5 Å². The number of benzene rings is 1. The van der Waals surface area contributed by atoms with Gasteiger partial charge in [-0.1, -0.05) is 43.1 Å². The minimum Gasteiger partial charge on any atom is -0.356 e. The monoisotopic (exact) mass is 277 g/mol. The van der Waals surface area contributed by atoms with E-state index in [9.17, 15) is 0 Å². The second-order valence-corrected chi connectivity index (χ2v) is 5.04. The minimum atomic E-state index is 0.167. The second kappa shape index (κ2) is 6.62. The van der Waals surface area contributed by atoms with Crippen LogP contribution in [0.4, 0.5) is 5.95 Å². The summed E-state index contributed by atoms with van der Waals surface area (Å²) in [7, 11) is 0. The van der Waals surface area contributed by atoms with Crippen LogP contribution in [0.5, 0.6) is 0 Å². The number of imidazole rings is 1. The van der Waals surface area contributed by atoms with Gasteiger partial charge in [-0.25, -0.2) is 4.98 Å². The average Bonchev–Trinajstić information content (AvgIpc) is 2.87. The van der Waals surface area contributed by atoms with E-state index in [1.165, 1.54) is 6.42 Å². The fraction of sp³-hybridized carbons (Fsp3) is 0.400. The number of rotatable bonds is 6. The SMILES string of the molecule is CCCCNc1nccn1C(C)c1ccccc1Cl. The molecule has 0 spiro atoms. The predicted molar refractivity (Wildman–Crippen MR) is 80.9 cm³/mol. The Balaban J connectivity index is 2.18. The van der Waals surface area contributed by atoms with Gasteiger partial charge in [0.1, 0.15) is 0 Å². The van der Waals surface area contributed by atoms with Crippen LogP contribution in [0.15, 0.2) is 36.7 Å². The maximum Gasteiger partial charge on any atom is 0.203 e. The molecule has 19 heavy (non-hydrogen) atoms. The van der Waals surface area contributed by atoms with Crippen molar-refractivity contribution in [3.05, 3.63) is 47.2 Å². The van der Waals surface area contributed by atoms with Crippen LogP contribution in [-0.4, -0.2) is 16.1 Å². The lowest BCUT2D eigenvalue weighted by molar-refractivity contribution is 0.641. The normalized spacial score (nSPS) is 12.4. The molecule has 0 amide bonds. The Labute approximate surface area is 119 Å². The molecule has 2 rings (SSSR count). The second-order valence-electron chi connectivity index (χ2n) is 4.64. The van der Waals surface area contributed by atoms with Gasteiger partial charge < -0.3 is 9.88 Å². The summed E-state index contributed by atoms with van der Waals surface area (Å²) in [6.07, 6.45) is 6.13. The lowest BCUT2D eigenvalue weighted by Crippen LogP contribution is -2.12. The summed E-state index contributed by atoms with van der Waals surface area (Å²) >= 11 is 6.26. The summed E-state index contributed by atoms with van der Waals surface area (Å²) in [6.45, 7) is 5.26. The number of aromatic nitrogens is 2. The molecular weight excluding hydrogens is 258 g/mol. The van der Waals surface area contributed by atoms with Crippen LogP contribution in [0, 0.1) is 0 Å². The number of hydrogen-bond acceptors (Lipinski definition) is 2. The molecule has 0 fully saturated rings. The van der Waals surface area contributed by atoms with E-state index in [0.29, 0.717) is 0 Å². The van der Waals surface area contributed by atoms with Crippen molar-refractivity contribution in [3.8, 4) is 0 Å². The van der Waals surface area contributed by atoms with E-state index >= 15 is 0 Å². The molecule has 0 aliphatic heterocycles. The molecule has 1 aromatic heterocycles. The van der Waals surface area contributed by atoms with Crippen LogP contribution in [0.2, 0.25) is 5.02 Å². The zero-order valence-electron chi connectivity index (χ0n) is 11.4. The van der Waals surface area contributed by atoms with Gasteiger partial charge in [-0.2, -0.15) is 0 Å². The fourth-order valence-electron chi connectivity index (χ4n) is 2.10. The molecule has 4 heteroatoms. The lowest BCUT2D eigenvalue weighted by atomic mass is 10.1. The van der Waals surface area contributed by atoms with Crippen LogP contribution in [0.1, 0.15) is 38.3 Å². The minimum absolute atomic E-state index is 0.167. The maximum atomic E-state index is 6.26. The first-order valence-electron chi connectivity index (χ1n) is 6.75. The van der Waals surface area contributed by atoms with Crippen molar-refractivity contribution in [1.29, 1.82) is 0 Å². The summed E-state index contributed by atoms with van der Waals surface area (Å²) < 4.78 is 2.12. The molecule has 1 atom stereocenters. The van der Waals surface area contributed by atoms with Crippen molar-refractivity contribution < 1.29 is 0 Å². The van der Waals surface area contributed by atoms with Gasteiger partial charge in [0.05, 0.1) is 6.04 Å². The van der Waals surface area contributed by atoms with Crippen LogP contribution in [-0.2, 0) is 0 Å². The summed E-state index contributed by atoms with van der Waals surface area (Å²) in [6, 6.07) is 8.11. The standard InChI is InChI=1S/C15H20ClN3/c1-3-4-9-17-15-18-10-11-19(15)12(2)13-7-5-6-8-14(13)16/h5-8,10-12H,3-4,9H2,1-2H3,(H,17,18).